The van der Waals surface area contributed by atoms with Gasteiger partial charge in [-0.15, -0.1) is 0 Å². The molecule has 3 atom stereocenters. The fraction of sp³-hybridized carbons (Fsp3) is 0.500. The van der Waals surface area contributed by atoms with Gasteiger partial charge in [-0.2, -0.15) is 0 Å². The summed E-state index contributed by atoms with van der Waals surface area (Å²) in [5, 5.41) is 19.1. The van der Waals surface area contributed by atoms with E-state index >= 15 is 17.6 Å². The van der Waals surface area contributed by atoms with Gasteiger partial charge in [-0.05, 0) is 117 Å². The van der Waals surface area contributed by atoms with Gasteiger partial charge in [0.2, 0.25) is 11.3 Å². The zero-order valence-corrected chi connectivity index (χ0v) is 64.5. The quantitative estimate of drug-likeness (QED) is 0.0547. The molecule has 45 heteroatoms. The summed E-state index contributed by atoms with van der Waals surface area (Å²) in [5.74, 6) is -12.3. The summed E-state index contributed by atoms with van der Waals surface area (Å²) in [6.07, 6.45) is -1.69. The minimum Gasteiger partial charge on any atom is -0.444 e. The summed E-state index contributed by atoms with van der Waals surface area (Å²) in [7, 11) is 0. The van der Waals surface area contributed by atoms with Gasteiger partial charge < -0.3 is 72.1 Å². The van der Waals surface area contributed by atoms with Crippen LogP contribution in [0.1, 0.15) is 156 Å². The molecule has 3 unspecified atom stereocenters. The average Bonchev–Trinajstić information content (AvgIpc) is 1.58. The number of fused-ring (bicyclic) bond motifs is 6. The monoisotopic (exact) mass is 1720 g/mol. The summed E-state index contributed by atoms with van der Waals surface area (Å²) >= 11 is 21.5. The van der Waals surface area contributed by atoms with Crippen LogP contribution < -0.4 is 70.7 Å². The number of nitrogens with zero attached hydrogens (tertiary/aromatic N) is 11. The molecule has 0 radical (unpaired) electrons. The number of pyridine rings is 3. The van der Waals surface area contributed by atoms with Gasteiger partial charge in [0.15, 0.2) is 5.66 Å². The van der Waals surface area contributed by atoms with Crippen molar-refractivity contribution in [2.45, 2.75) is 182 Å². The lowest BCUT2D eigenvalue weighted by molar-refractivity contribution is -0.161. The van der Waals surface area contributed by atoms with Gasteiger partial charge in [0.1, 0.15) is 105 Å². The Hall–Kier alpha value is -10.3. The molecule has 6 aromatic rings. The molecule has 0 aromatic carbocycles. The summed E-state index contributed by atoms with van der Waals surface area (Å²) < 4.78 is 114. The van der Waals surface area contributed by atoms with Crippen LogP contribution in [-0.2, 0) is 35.9 Å². The molecule has 3 spiro atoms. The van der Waals surface area contributed by atoms with Crippen LogP contribution in [-0.4, -0.2) is 175 Å². The Kier molecular flexibility index (Phi) is 27.0. The number of hydrogen-bond acceptors (Lipinski definition) is 25. The van der Waals surface area contributed by atoms with Crippen molar-refractivity contribution >= 4 is 139 Å². The van der Waals surface area contributed by atoms with Crippen molar-refractivity contribution in [2.75, 3.05) is 72.0 Å². The number of alkyl halides is 6. The molecular weight excluding hydrogens is 1640 g/mol. The van der Waals surface area contributed by atoms with E-state index < -0.39 is 154 Å². The molecule has 6 aliphatic rings. The predicted octanol–water partition coefficient (Wildman–Crippen LogP) is 10.9. The third kappa shape index (κ3) is 19.7. The number of nitrogens with one attached hydrogen (secondary N) is 8. The number of anilines is 8. The Morgan fingerprint density at radius 1 is 0.469 bits per heavy atom. The lowest BCUT2D eigenvalue weighted by Gasteiger charge is -2.46. The molecule has 113 heavy (non-hydrogen) atoms. The molecule has 12 N–H and O–H groups in total. The zero-order chi connectivity index (χ0) is 81.8. The van der Waals surface area contributed by atoms with Gasteiger partial charge >= 0.3 is 24.4 Å². The molecule has 12 rings (SSSR count). The molecule has 35 nitrogen and oxygen atoms in total. The lowest BCUT2D eigenvalue weighted by Crippen LogP contribution is -2.69. The Balaban J connectivity index is 0.000000244. The van der Waals surface area contributed by atoms with E-state index in [1.165, 1.54) is 43.0 Å². The van der Waals surface area contributed by atoms with Gasteiger partial charge in [-0.1, -0.05) is 57.1 Å². The van der Waals surface area contributed by atoms with Crippen LogP contribution in [0.15, 0.2) is 74.2 Å². The normalized spacial score (nSPS) is 19.9. The van der Waals surface area contributed by atoms with E-state index in [0.29, 0.717) is 15.0 Å². The zero-order valence-electron chi connectivity index (χ0n) is 60.6. The summed E-state index contributed by atoms with van der Waals surface area (Å²) in [6.45, 7) is 17.9. The van der Waals surface area contributed by atoms with Crippen molar-refractivity contribution in [1.82, 2.24) is 74.7 Å². The van der Waals surface area contributed by atoms with Gasteiger partial charge in [0.25, 0.3) is 52.2 Å². The van der Waals surface area contributed by atoms with Crippen molar-refractivity contribution < 1.29 is 78.9 Å². The number of aromatic nitrogens is 9. The number of amides is 7. The second-order valence-corrected chi connectivity index (χ2v) is 31.4. The Morgan fingerprint density at radius 2 is 0.796 bits per heavy atom. The number of piperidine rings is 3. The molecule has 3 fully saturated rings. The first kappa shape index (κ1) is 91.5. The molecule has 0 aliphatic carbocycles. The van der Waals surface area contributed by atoms with E-state index in [9.17, 15) is 56.7 Å². The van der Waals surface area contributed by atoms with Crippen molar-refractivity contribution in [3.8, 4) is 0 Å². The largest absolute Gasteiger partial charge is 0.444 e. The first-order chi connectivity index (χ1) is 50.7. The predicted molar refractivity (Wildman–Crippen MR) is 410 cm³/mol. The van der Waals surface area contributed by atoms with Crippen LogP contribution in [0, 0.1) is 0 Å². The highest BCUT2D eigenvalue weighted by molar-refractivity contribution is 9.10. The number of nitrogen functional groups attached to an aromatic ring is 2. The number of rotatable bonds is 6. The van der Waals surface area contributed by atoms with Crippen LogP contribution >= 0.6 is 50.7 Å². The second-order valence-electron chi connectivity index (χ2n) is 29.4. The molecular formula is C68H87BrCl3F6N21O14. The number of halogens is 10. The lowest BCUT2D eigenvalue weighted by atomic mass is 9.93. The van der Waals surface area contributed by atoms with Crippen molar-refractivity contribution in [3.05, 3.63) is 123 Å². The SMILES string of the molecule is C.C.C.CC(C)(C)OC(=O)N1CCC(F)(F)C2(C1)NC(=O)c1c(Cl)cc(Br)c(=O)n12.CC(C)(C)OC(=O)Nc1cc(N)ncn1.CC(C)(C)OC(=O)Nc1cc(Nc2cc(Cl)c3n(c2=O)C2(CN(C(=O)OC(C)(C)C)CCC2(F)F)NC3=O)ncn1.Nc1cc(Nc2cc(Cl)c3n(c2=O)C2(CNCCC2(F)F)NC3=O)ncn1. The average molecular weight is 1720 g/mol. The van der Waals surface area contributed by atoms with E-state index in [-0.39, 0.29) is 120 Å². The molecule has 0 bridgehead atoms. The highest BCUT2D eigenvalue weighted by atomic mass is 79.9. The first-order valence-electron chi connectivity index (χ1n) is 33.0. The van der Waals surface area contributed by atoms with E-state index in [1.54, 1.807) is 83.1 Å². The smallest absolute Gasteiger partial charge is 0.413 e. The van der Waals surface area contributed by atoms with E-state index in [0.717, 1.165) is 26.8 Å². The number of carbonyl (C=O) groups is 7. The maximum atomic E-state index is 15.7. The van der Waals surface area contributed by atoms with Crippen LogP contribution in [0.3, 0.4) is 0 Å². The van der Waals surface area contributed by atoms with Crippen LogP contribution in [0.2, 0.25) is 15.1 Å². The number of hydrogen-bond donors (Lipinski definition) is 10. The van der Waals surface area contributed by atoms with Gasteiger partial charge in [-0.3, -0.25) is 53.1 Å². The topological polar surface area (TPSA) is 455 Å². The van der Waals surface area contributed by atoms with Crippen molar-refractivity contribution in [2.24, 2.45) is 0 Å². The second kappa shape index (κ2) is 33.4. The third-order valence-corrected chi connectivity index (χ3v) is 17.8. The first-order valence-corrected chi connectivity index (χ1v) is 35.0. The Bertz CT molecular complexity index is 4890. The fourth-order valence-electron chi connectivity index (χ4n) is 11.8. The molecule has 7 amide bonds. The number of ether oxygens (including phenoxy) is 4. The minimum atomic E-state index is -3.66. The van der Waals surface area contributed by atoms with Crippen LogP contribution in [0.4, 0.5) is 91.8 Å². The number of nitrogens with two attached hydrogens (primary N) is 2. The fourth-order valence-corrected chi connectivity index (χ4v) is 13.2. The summed E-state index contributed by atoms with van der Waals surface area (Å²) in [5.41, 5.74) is -3.68. The molecule has 0 saturated carbocycles. The Morgan fingerprint density at radius 3 is 1.19 bits per heavy atom. The maximum absolute atomic E-state index is 15.7. The molecule has 6 aliphatic heterocycles. The highest BCUT2D eigenvalue weighted by Crippen LogP contribution is 2.48. The molecule has 618 valence electrons. The van der Waals surface area contributed by atoms with E-state index in [1.807, 2.05) is 0 Å². The number of likely N-dealkylation sites (tertiary alicyclic amines) is 2. The summed E-state index contributed by atoms with van der Waals surface area (Å²) in [6, 6.07) is 7.56. The Labute approximate surface area is 666 Å². The maximum Gasteiger partial charge on any atom is 0.413 e. The minimum absolute atomic E-state index is 0. The van der Waals surface area contributed by atoms with Crippen LogP contribution in [0.25, 0.3) is 0 Å². The molecule has 12 heterocycles. The van der Waals surface area contributed by atoms with E-state index in [2.05, 4.69) is 88.4 Å². The highest BCUT2D eigenvalue weighted by Gasteiger charge is 2.67. The number of carbonyl (C=O) groups excluding carboxylic acids is 7. The van der Waals surface area contributed by atoms with E-state index in [4.69, 9.17) is 65.2 Å². The molecule has 3 saturated heterocycles. The van der Waals surface area contributed by atoms with Gasteiger partial charge in [0, 0.05) is 63.6 Å². The van der Waals surface area contributed by atoms with Crippen molar-refractivity contribution in [1.29, 1.82) is 0 Å². The van der Waals surface area contributed by atoms with Crippen molar-refractivity contribution in [3.63, 3.8) is 0 Å². The third-order valence-electron chi connectivity index (χ3n) is 16.3. The van der Waals surface area contributed by atoms with Crippen LogP contribution in [0.5, 0.6) is 0 Å². The standard InChI is InChI=1S/C25H30ClF2N7O6.C16H17BrClF2N3O4.C15H14ClF2N7O2.C9H14N4O2.3CH4/c1-22(2,3)40-20(38)32-16-10-15(29-12-30-16)31-14-9-13(26)17-18(36)33-25(35(17)19(14)37)11-34(8-7-24(25,27)28)21(39)41-23(4,5)6;1-14(2,3)27-13(26)22-5-4-15(19,20)16(7-22)21-11(24)10-9(18)6-8(17)12(25)23(10)16;16-7-3-8(23-10-4-9(19)21-6-22-10)13(27)25-11(7)12(26)24-15(25)5-20-2-1-14(15,17)18;1-9(2,3)15-8(14)13-7-4-6(10)11-5-12-7;;;/h9-10,12H,7-8,11H2,1-6H3,(H,33,36)(H2,29,30,31,32,38);6H,4-5,7H2,1-3H3,(H,21,24);3-4,6,20H,1-2,5H2,(H,24,26)(H3,19,21,22,23);4-5H,1-3H3,(H3,10,11,12,13,14);3*1H4. The molecule has 6 aromatic heterocycles. The summed E-state index contributed by atoms with van der Waals surface area (Å²) in [4.78, 5) is 151. The van der Waals surface area contributed by atoms with Gasteiger partial charge in [-0.25, -0.2) is 75.4 Å². The van der Waals surface area contributed by atoms with Gasteiger partial charge in [0.05, 0.1) is 32.6 Å².